The van der Waals surface area contributed by atoms with E-state index in [9.17, 15) is 19.7 Å². The van der Waals surface area contributed by atoms with E-state index in [4.69, 9.17) is 10.3 Å². The highest BCUT2D eigenvalue weighted by Crippen LogP contribution is 2.23. The molecule has 0 spiro atoms. The van der Waals surface area contributed by atoms with Gasteiger partial charge in [0.15, 0.2) is 0 Å². The first-order valence-electron chi connectivity index (χ1n) is 8.37. The number of benzene rings is 1. The quantitative estimate of drug-likeness (QED) is 0.608. The lowest BCUT2D eigenvalue weighted by Crippen LogP contribution is -2.48. The van der Waals surface area contributed by atoms with Gasteiger partial charge in [0.2, 0.25) is 11.7 Å². The molecule has 10 heteroatoms. The van der Waals surface area contributed by atoms with Crippen LogP contribution in [0.1, 0.15) is 32.2 Å². The van der Waals surface area contributed by atoms with Crippen molar-refractivity contribution in [3.05, 3.63) is 57.0 Å². The molecule has 0 bridgehead atoms. The summed E-state index contributed by atoms with van der Waals surface area (Å²) in [6.45, 7) is 4.17. The number of hydrogen-bond acceptors (Lipinski definition) is 7. The third-order valence-corrected chi connectivity index (χ3v) is 4.46. The van der Waals surface area contributed by atoms with E-state index in [0.717, 1.165) is 0 Å². The number of primary amides is 1. The summed E-state index contributed by atoms with van der Waals surface area (Å²) in [5, 5.41) is 15.0. The average Bonchev–Trinajstić information content (AvgIpc) is 3.08. The zero-order chi connectivity index (χ0) is 19.6. The van der Waals surface area contributed by atoms with Crippen molar-refractivity contribution in [3.8, 4) is 0 Å². The highest BCUT2D eigenvalue weighted by Gasteiger charge is 2.26. The van der Waals surface area contributed by atoms with Gasteiger partial charge in [-0.05, 0) is 13.0 Å². The number of amides is 2. The van der Waals surface area contributed by atoms with Gasteiger partial charge in [-0.2, -0.15) is 0 Å². The molecule has 1 aromatic heterocycles. The van der Waals surface area contributed by atoms with Crippen LogP contribution in [-0.2, 0) is 6.54 Å². The molecule has 27 heavy (non-hydrogen) atoms. The Labute approximate surface area is 154 Å². The van der Waals surface area contributed by atoms with Crippen LogP contribution in [0.25, 0.3) is 0 Å². The lowest BCUT2D eigenvalue weighted by atomic mass is 10.1. The summed E-state index contributed by atoms with van der Waals surface area (Å²) in [6, 6.07) is 5.83. The second-order valence-electron chi connectivity index (χ2n) is 6.37. The maximum absolute atomic E-state index is 12.4. The van der Waals surface area contributed by atoms with Crippen molar-refractivity contribution in [2.24, 2.45) is 5.73 Å². The zero-order valence-corrected chi connectivity index (χ0v) is 14.8. The number of aryl methyl sites for hydroxylation is 1. The van der Waals surface area contributed by atoms with E-state index in [1.165, 1.54) is 12.1 Å². The molecule has 0 unspecified atom stereocenters. The molecule has 0 aliphatic carbocycles. The van der Waals surface area contributed by atoms with Gasteiger partial charge in [0.25, 0.3) is 11.6 Å². The topological polar surface area (TPSA) is 136 Å². The van der Waals surface area contributed by atoms with Crippen LogP contribution in [0.2, 0.25) is 0 Å². The van der Waals surface area contributed by atoms with Gasteiger partial charge in [0.1, 0.15) is 0 Å². The number of piperazine rings is 1. The molecule has 0 radical (unpaired) electrons. The average molecular weight is 373 g/mol. The highest BCUT2D eigenvalue weighted by molar-refractivity contribution is 5.93. The molecule has 1 saturated heterocycles. The fourth-order valence-electron chi connectivity index (χ4n) is 2.99. The predicted octanol–water partition coefficient (Wildman–Crippen LogP) is 0.948. The Hall–Kier alpha value is -3.27. The van der Waals surface area contributed by atoms with E-state index in [1.807, 2.05) is 4.90 Å². The number of carbonyl (C=O) groups is 2. The minimum absolute atomic E-state index is 0.100. The molecule has 3 rings (SSSR count). The molecule has 2 heterocycles. The highest BCUT2D eigenvalue weighted by atomic mass is 16.6. The Morgan fingerprint density at radius 3 is 2.52 bits per heavy atom. The number of nitro benzene ring substituents is 1. The third-order valence-electron chi connectivity index (χ3n) is 4.46. The van der Waals surface area contributed by atoms with Crippen molar-refractivity contribution in [2.75, 3.05) is 26.2 Å². The van der Waals surface area contributed by atoms with Gasteiger partial charge >= 0.3 is 0 Å². The summed E-state index contributed by atoms with van der Waals surface area (Å²) < 4.78 is 5.01. The van der Waals surface area contributed by atoms with Gasteiger partial charge in [-0.3, -0.25) is 24.6 Å². The molecule has 1 aliphatic rings. The van der Waals surface area contributed by atoms with Gasteiger partial charge in [0.05, 0.1) is 10.6 Å². The minimum atomic E-state index is -0.709. The van der Waals surface area contributed by atoms with Crippen LogP contribution in [0.3, 0.4) is 0 Å². The van der Waals surface area contributed by atoms with E-state index in [1.54, 1.807) is 24.0 Å². The largest absolute Gasteiger partial charge is 0.366 e. The summed E-state index contributed by atoms with van der Waals surface area (Å²) in [5.74, 6) is -0.718. The van der Waals surface area contributed by atoms with Gasteiger partial charge < -0.3 is 15.2 Å². The van der Waals surface area contributed by atoms with Gasteiger partial charge in [-0.1, -0.05) is 11.2 Å². The van der Waals surface area contributed by atoms with E-state index in [0.29, 0.717) is 44.0 Å². The Morgan fingerprint density at radius 2 is 1.96 bits per heavy atom. The maximum Gasteiger partial charge on any atom is 0.292 e. The molecule has 2 aromatic rings. The molecule has 0 atom stereocenters. The standard InChI is InChI=1S/C17H19N5O5/c1-11-8-15(27-19-11)17(24)21-6-4-20(5-7-21)10-13-3-2-12(16(18)23)9-14(13)22(25)26/h2-3,8-9H,4-7,10H2,1H3,(H2,18,23). The van der Waals surface area contributed by atoms with Crippen molar-refractivity contribution in [3.63, 3.8) is 0 Å². The fourth-order valence-corrected chi connectivity index (χ4v) is 2.99. The minimum Gasteiger partial charge on any atom is -0.366 e. The van der Waals surface area contributed by atoms with E-state index < -0.39 is 10.8 Å². The number of aromatic nitrogens is 1. The van der Waals surface area contributed by atoms with E-state index in [2.05, 4.69) is 5.16 Å². The summed E-state index contributed by atoms with van der Waals surface area (Å²) in [6.07, 6.45) is 0. The van der Waals surface area contributed by atoms with Crippen molar-refractivity contribution in [2.45, 2.75) is 13.5 Å². The Balaban J connectivity index is 1.64. The Bertz CT molecular complexity index is 886. The van der Waals surface area contributed by atoms with Crippen molar-refractivity contribution < 1.29 is 19.0 Å². The van der Waals surface area contributed by atoms with Crippen molar-refractivity contribution >= 4 is 17.5 Å². The molecular formula is C17H19N5O5. The van der Waals surface area contributed by atoms with Gasteiger partial charge in [-0.15, -0.1) is 0 Å². The third kappa shape index (κ3) is 4.11. The zero-order valence-electron chi connectivity index (χ0n) is 14.8. The molecule has 1 fully saturated rings. The maximum atomic E-state index is 12.4. The summed E-state index contributed by atoms with van der Waals surface area (Å²) in [7, 11) is 0. The number of carbonyl (C=O) groups excluding carboxylic acids is 2. The number of nitro groups is 1. The lowest BCUT2D eigenvalue weighted by Gasteiger charge is -2.34. The van der Waals surface area contributed by atoms with Crippen LogP contribution in [0.5, 0.6) is 0 Å². The summed E-state index contributed by atoms with van der Waals surface area (Å²) in [5.41, 5.74) is 6.29. The van der Waals surface area contributed by atoms with Gasteiger partial charge in [-0.25, -0.2) is 0 Å². The molecule has 10 nitrogen and oxygen atoms in total. The molecule has 2 amide bonds. The van der Waals surface area contributed by atoms with E-state index in [-0.39, 0.29) is 22.9 Å². The number of rotatable bonds is 5. The molecule has 1 aliphatic heterocycles. The smallest absolute Gasteiger partial charge is 0.292 e. The number of nitrogens with zero attached hydrogens (tertiary/aromatic N) is 4. The summed E-state index contributed by atoms with van der Waals surface area (Å²) >= 11 is 0. The van der Waals surface area contributed by atoms with Crippen molar-refractivity contribution in [1.82, 2.24) is 15.0 Å². The second-order valence-corrected chi connectivity index (χ2v) is 6.37. The first kappa shape index (κ1) is 18.5. The second kappa shape index (κ2) is 7.54. The molecule has 0 saturated carbocycles. The molecule has 1 aromatic carbocycles. The van der Waals surface area contributed by atoms with Crippen LogP contribution < -0.4 is 5.73 Å². The normalized spacial score (nSPS) is 14.9. The Kier molecular flexibility index (Phi) is 5.17. The molecular weight excluding hydrogens is 354 g/mol. The Morgan fingerprint density at radius 1 is 1.26 bits per heavy atom. The number of hydrogen-bond donors (Lipinski definition) is 1. The van der Waals surface area contributed by atoms with E-state index >= 15 is 0 Å². The first-order chi connectivity index (χ1) is 12.8. The van der Waals surface area contributed by atoms with Crippen LogP contribution in [0.15, 0.2) is 28.8 Å². The van der Waals surface area contributed by atoms with Crippen LogP contribution in [0.4, 0.5) is 5.69 Å². The fraction of sp³-hybridized carbons (Fsp3) is 0.353. The first-order valence-corrected chi connectivity index (χ1v) is 8.37. The van der Waals surface area contributed by atoms with Crippen LogP contribution in [-0.4, -0.2) is 57.9 Å². The predicted molar refractivity (Wildman–Crippen MR) is 94.0 cm³/mol. The van der Waals surface area contributed by atoms with Crippen LogP contribution >= 0.6 is 0 Å². The monoisotopic (exact) mass is 373 g/mol. The van der Waals surface area contributed by atoms with Gasteiger partial charge in [0, 0.05) is 56.0 Å². The summed E-state index contributed by atoms with van der Waals surface area (Å²) in [4.78, 5) is 38.1. The lowest BCUT2D eigenvalue weighted by molar-refractivity contribution is -0.385. The molecule has 142 valence electrons. The van der Waals surface area contributed by atoms with Crippen molar-refractivity contribution in [1.29, 1.82) is 0 Å². The number of nitrogens with two attached hydrogens (primary N) is 1. The van der Waals surface area contributed by atoms with Crippen LogP contribution in [0, 0.1) is 17.0 Å². The molecule has 2 N–H and O–H groups in total. The SMILES string of the molecule is Cc1cc(C(=O)N2CCN(Cc3ccc(C(N)=O)cc3[N+](=O)[O-])CC2)on1.